The van der Waals surface area contributed by atoms with Crippen LogP contribution in [0.15, 0.2) is 24.3 Å². The van der Waals surface area contributed by atoms with Gasteiger partial charge in [-0.15, -0.1) is 11.3 Å². The number of piperazine rings is 1. The second kappa shape index (κ2) is 9.66. The summed E-state index contributed by atoms with van der Waals surface area (Å²) in [6.45, 7) is 3.11. The first-order valence-electron chi connectivity index (χ1n) is 10.7. The smallest absolute Gasteiger partial charge is 0.341 e. The molecule has 2 aromatic rings. The minimum Gasteiger partial charge on any atom is -0.465 e. The highest BCUT2D eigenvalue weighted by Crippen LogP contribution is 2.38. The first-order valence-corrected chi connectivity index (χ1v) is 11.5. The van der Waals surface area contributed by atoms with E-state index in [1.54, 1.807) is 12.1 Å². The molecule has 32 heavy (non-hydrogen) atoms. The normalized spacial score (nSPS) is 16.3. The fourth-order valence-corrected chi connectivity index (χ4v) is 5.58. The van der Waals surface area contributed by atoms with E-state index in [9.17, 15) is 19.7 Å². The maximum absolute atomic E-state index is 12.7. The third-order valence-electron chi connectivity index (χ3n) is 5.98. The van der Waals surface area contributed by atoms with E-state index < -0.39 is 10.9 Å². The minimum absolute atomic E-state index is 0.0747. The third kappa shape index (κ3) is 4.76. The van der Waals surface area contributed by atoms with Gasteiger partial charge in [0.2, 0.25) is 5.91 Å². The van der Waals surface area contributed by atoms with Crippen molar-refractivity contribution >= 4 is 39.6 Å². The lowest BCUT2D eigenvalue weighted by atomic mass is 9.95. The molecule has 1 amide bonds. The summed E-state index contributed by atoms with van der Waals surface area (Å²) < 4.78 is 4.97. The molecule has 1 N–H and O–H groups in total. The highest BCUT2D eigenvalue weighted by molar-refractivity contribution is 7.17. The van der Waals surface area contributed by atoms with Crippen LogP contribution in [-0.4, -0.2) is 61.5 Å². The average Bonchev–Trinajstić information content (AvgIpc) is 3.16. The summed E-state index contributed by atoms with van der Waals surface area (Å²) >= 11 is 1.49. The number of nitro groups is 1. The van der Waals surface area contributed by atoms with Gasteiger partial charge in [0.1, 0.15) is 5.00 Å². The maximum atomic E-state index is 12.7. The Kier molecular flexibility index (Phi) is 6.71. The monoisotopic (exact) mass is 458 g/mol. The van der Waals surface area contributed by atoms with Crippen LogP contribution in [-0.2, 0) is 22.4 Å². The van der Waals surface area contributed by atoms with Crippen molar-refractivity contribution in [3.8, 4) is 0 Å². The van der Waals surface area contributed by atoms with Gasteiger partial charge in [0, 0.05) is 48.9 Å². The zero-order valence-corrected chi connectivity index (χ0v) is 18.8. The number of anilines is 2. The molecule has 2 heterocycles. The molecule has 2 aliphatic rings. The van der Waals surface area contributed by atoms with E-state index in [1.807, 2.05) is 0 Å². The first-order chi connectivity index (χ1) is 15.5. The molecule has 1 aliphatic carbocycles. The second-order valence-electron chi connectivity index (χ2n) is 7.99. The second-order valence-corrected chi connectivity index (χ2v) is 9.10. The van der Waals surface area contributed by atoms with Crippen molar-refractivity contribution in [2.75, 3.05) is 50.1 Å². The molecule has 9 nitrogen and oxygen atoms in total. The molecule has 0 saturated carbocycles. The molecule has 1 saturated heterocycles. The molecule has 0 atom stereocenters. The van der Waals surface area contributed by atoms with Gasteiger partial charge < -0.3 is 15.0 Å². The van der Waals surface area contributed by atoms with Crippen LogP contribution < -0.4 is 10.2 Å². The Bertz CT molecular complexity index is 1010. The summed E-state index contributed by atoms with van der Waals surface area (Å²) in [5.41, 5.74) is 2.56. The molecule has 0 radical (unpaired) electrons. The van der Waals surface area contributed by atoms with Crippen LogP contribution in [0.2, 0.25) is 0 Å². The number of aryl methyl sites for hydroxylation is 1. The SMILES string of the molecule is COC(=O)c1c(NC(=O)CN2CCN(c3ccc([N+](=O)[O-])cc3)CC2)sc2c1CCCC2. The molecular formula is C22H26N4O5S. The number of non-ortho nitro benzene ring substituents is 1. The molecule has 1 aromatic carbocycles. The van der Waals surface area contributed by atoms with Crippen LogP contribution in [0, 0.1) is 10.1 Å². The van der Waals surface area contributed by atoms with Crippen molar-refractivity contribution in [2.24, 2.45) is 0 Å². The molecule has 1 aliphatic heterocycles. The van der Waals surface area contributed by atoms with Crippen molar-refractivity contribution in [1.82, 2.24) is 4.90 Å². The quantitative estimate of drug-likeness (QED) is 0.403. The number of ether oxygens (including phenoxy) is 1. The van der Waals surface area contributed by atoms with Gasteiger partial charge in [0.15, 0.2) is 0 Å². The molecule has 4 rings (SSSR count). The topological polar surface area (TPSA) is 105 Å². The molecule has 0 unspecified atom stereocenters. The number of fused-ring (bicyclic) bond motifs is 1. The van der Waals surface area contributed by atoms with Crippen molar-refractivity contribution < 1.29 is 19.2 Å². The fraction of sp³-hybridized carbons (Fsp3) is 0.455. The van der Waals surface area contributed by atoms with E-state index >= 15 is 0 Å². The number of hydrogen-bond donors (Lipinski definition) is 1. The number of amides is 1. The van der Waals surface area contributed by atoms with Gasteiger partial charge in [-0.2, -0.15) is 0 Å². The molecular weight excluding hydrogens is 432 g/mol. The van der Waals surface area contributed by atoms with E-state index in [0.29, 0.717) is 23.7 Å². The largest absolute Gasteiger partial charge is 0.465 e. The van der Waals surface area contributed by atoms with Crippen LogP contribution in [0.3, 0.4) is 0 Å². The Morgan fingerprint density at radius 3 is 2.47 bits per heavy atom. The van der Waals surface area contributed by atoms with Gasteiger partial charge in [-0.3, -0.25) is 19.8 Å². The molecule has 170 valence electrons. The van der Waals surface area contributed by atoms with Crippen LogP contribution in [0.1, 0.15) is 33.6 Å². The highest BCUT2D eigenvalue weighted by Gasteiger charge is 2.27. The number of carbonyl (C=O) groups is 2. The highest BCUT2D eigenvalue weighted by atomic mass is 32.1. The van der Waals surface area contributed by atoms with Crippen molar-refractivity contribution in [3.05, 3.63) is 50.4 Å². The standard InChI is InChI=1S/C22H26N4O5S/c1-31-22(28)20-17-4-2-3-5-18(17)32-21(20)23-19(27)14-24-10-12-25(13-11-24)15-6-8-16(9-7-15)26(29)30/h6-9H,2-5,10-14H2,1H3,(H,23,27). The summed E-state index contributed by atoms with van der Waals surface area (Å²) in [6, 6.07) is 6.53. The third-order valence-corrected chi connectivity index (χ3v) is 7.19. The number of esters is 1. The van der Waals surface area contributed by atoms with E-state index in [4.69, 9.17) is 4.74 Å². The number of thiophene rings is 1. The average molecular weight is 459 g/mol. The van der Waals surface area contributed by atoms with Crippen molar-refractivity contribution in [1.29, 1.82) is 0 Å². The van der Waals surface area contributed by atoms with E-state index in [0.717, 1.165) is 50.0 Å². The van der Waals surface area contributed by atoms with E-state index in [2.05, 4.69) is 15.1 Å². The number of hydrogen-bond acceptors (Lipinski definition) is 8. The Labute approximate surface area is 190 Å². The van der Waals surface area contributed by atoms with Gasteiger partial charge >= 0.3 is 5.97 Å². The molecule has 1 fully saturated rings. The minimum atomic E-state index is -0.407. The van der Waals surface area contributed by atoms with Gasteiger partial charge in [-0.1, -0.05) is 0 Å². The molecule has 1 aromatic heterocycles. The summed E-state index contributed by atoms with van der Waals surface area (Å²) in [4.78, 5) is 40.9. The lowest BCUT2D eigenvalue weighted by Crippen LogP contribution is -2.48. The van der Waals surface area contributed by atoms with Crippen LogP contribution >= 0.6 is 11.3 Å². The number of benzene rings is 1. The number of methoxy groups -OCH3 is 1. The lowest BCUT2D eigenvalue weighted by molar-refractivity contribution is -0.384. The molecule has 0 bridgehead atoms. The number of carbonyl (C=O) groups excluding carboxylic acids is 2. The number of rotatable bonds is 6. The van der Waals surface area contributed by atoms with E-state index in [1.165, 1.54) is 35.5 Å². The number of nitro benzene ring substituents is 1. The summed E-state index contributed by atoms with van der Waals surface area (Å²) in [5, 5.41) is 14.4. The zero-order chi connectivity index (χ0) is 22.7. The Balaban J connectivity index is 1.34. The summed E-state index contributed by atoms with van der Waals surface area (Å²) in [6.07, 6.45) is 3.92. The Morgan fingerprint density at radius 2 is 1.81 bits per heavy atom. The van der Waals surface area contributed by atoms with Gasteiger partial charge in [-0.25, -0.2) is 4.79 Å². The van der Waals surface area contributed by atoms with Crippen LogP contribution in [0.25, 0.3) is 0 Å². The fourth-order valence-electron chi connectivity index (χ4n) is 4.29. The van der Waals surface area contributed by atoms with Crippen molar-refractivity contribution in [3.63, 3.8) is 0 Å². The lowest BCUT2D eigenvalue weighted by Gasteiger charge is -2.35. The molecule has 0 spiro atoms. The van der Waals surface area contributed by atoms with Crippen LogP contribution in [0.5, 0.6) is 0 Å². The van der Waals surface area contributed by atoms with Crippen molar-refractivity contribution in [2.45, 2.75) is 25.7 Å². The predicted molar refractivity (Wildman–Crippen MR) is 123 cm³/mol. The van der Waals surface area contributed by atoms with Gasteiger partial charge in [0.05, 0.1) is 24.1 Å². The zero-order valence-electron chi connectivity index (χ0n) is 18.0. The predicted octanol–water partition coefficient (Wildman–Crippen LogP) is 3.08. The van der Waals surface area contributed by atoms with Gasteiger partial charge in [-0.05, 0) is 43.4 Å². The summed E-state index contributed by atoms with van der Waals surface area (Å²) in [5.74, 6) is -0.533. The number of nitrogens with one attached hydrogen (secondary N) is 1. The Morgan fingerprint density at radius 1 is 1.12 bits per heavy atom. The van der Waals surface area contributed by atoms with Crippen LogP contribution in [0.4, 0.5) is 16.4 Å². The molecule has 10 heteroatoms. The Hall–Kier alpha value is -2.98. The first kappa shape index (κ1) is 22.2. The van der Waals surface area contributed by atoms with Gasteiger partial charge in [0.25, 0.3) is 5.69 Å². The summed E-state index contributed by atoms with van der Waals surface area (Å²) in [7, 11) is 1.37. The number of nitrogens with zero attached hydrogens (tertiary/aromatic N) is 3. The van der Waals surface area contributed by atoms with E-state index in [-0.39, 0.29) is 18.1 Å². The maximum Gasteiger partial charge on any atom is 0.341 e.